The van der Waals surface area contributed by atoms with Crippen molar-refractivity contribution in [3.8, 4) is 11.5 Å². The number of ether oxygens (including phenoxy) is 1. The number of benzene rings is 2. The van der Waals surface area contributed by atoms with E-state index >= 15 is 0 Å². The standard InChI is InChI=1S/C9H11O.C6H5O.Co.O/c1-2-8-10-9-6-4-3-5-7-9;7-6-4-2-1-3-5-6;;/h4-7H,2,8H2,1H3;2-5,7H;;/q2*-1;;. The van der Waals surface area contributed by atoms with Crippen LogP contribution in [0.15, 0.2) is 48.5 Å². The van der Waals surface area contributed by atoms with Gasteiger partial charge >= 0.3 is 19.5 Å². The number of phenolic OH excluding ortho intramolecular Hbond substituents is 1. The van der Waals surface area contributed by atoms with Crippen LogP contribution >= 0.6 is 0 Å². The minimum atomic E-state index is 0.291. The molecule has 2 aromatic rings. The zero-order valence-corrected chi connectivity index (χ0v) is 11.7. The Morgan fingerprint density at radius 1 is 1.05 bits per heavy atom. The predicted octanol–water partition coefficient (Wildman–Crippen LogP) is 3.35. The Kier molecular flexibility index (Phi) is 11.7. The second-order valence-corrected chi connectivity index (χ2v) is 3.34. The van der Waals surface area contributed by atoms with Crippen LogP contribution < -0.4 is 4.74 Å². The van der Waals surface area contributed by atoms with Crippen molar-refractivity contribution >= 4 is 0 Å². The fourth-order valence-corrected chi connectivity index (χ4v) is 1.07. The first-order valence-corrected chi connectivity index (χ1v) is 6.13. The molecule has 3 nitrogen and oxygen atoms in total. The van der Waals surface area contributed by atoms with Crippen molar-refractivity contribution in [1.82, 2.24) is 0 Å². The molecule has 0 radical (unpaired) electrons. The van der Waals surface area contributed by atoms with Crippen molar-refractivity contribution in [3.63, 3.8) is 0 Å². The van der Waals surface area contributed by atoms with Gasteiger partial charge in [-0.15, -0.1) is 24.3 Å². The van der Waals surface area contributed by atoms with E-state index in [1.165, 1.54) is 0 Å². The summed E-state index contributed by atoms with van der Waals surface area (Å²) in [6, 6.07) is 19.7. The van der Waals surface area contributed by atoms with Gasteiger partial charge in [-0.2, -0.15) is 36.4 Å². The Labute approximate surface area is 122 Å². The van der Waals surface area contributed by atoms with Crippen LogP contribution in [0.5, 0.6) is 11.5 Å². The summed E-state index contributed by atoms with van der Waals surface area (Å²) in [7, 11) is 0. The zero-order valence-electron chi connectivity index (χ0n) is 10.6. The first kappa shape index (κ1) is 17.3. The second-order valence-electron chi connectivity index (χ2n) is 3.34. The predicted molar refractivity (Wildman–Crippen MR) is 68.7 cm³/mol. The van der Waals surface area contributed by atoms with Crippen molar-refractivity contribution in [2.45, 2.75) is 13.3 Å². The molecule has 2 aromatic carbocycles. The first-order valence-electron chi connectivity index (χ1n) is 5.70. The fourth-order valence-electron chi connectivity index (χ4n) is 1.07. The molecule has 0 aliphatic heterocycles. The summed E-state index contributed by atoms with van der Waals surface area (Å²) in [4.78, 5) is 0. The molecule has 0 bridgehead atoms. The van der Waals surface area contributed by atoms with Crippen molar-refractivity contribution < 1.29 is 29.4 Å². The van der Waals surface area contributed by atoms with Crippen LogP contribution in [-0.4, -0.2) is 11.7 Å². The average molecular weight is 303 g/mol. The van der Waals surface area contributed by atoms with Gasteiger partial charge in [-0.1, -0.05) is 6.92 Å². The molecule has 0 unspecified atom stereocenters. The molecule has 0 aliphatic rings. The molecular weight excluding hydrogens is 287 g/mol. The van der Waals surface area contributed by atoms with Gasteiger partial charge in [-0.3, -0.25) is 0 Å². The maximum atomic E-state index is 8.61. The van der Waals surface area contributed by atoms with Crippen LogP contribution in [0.25, 0.3) is 0 Å². The monoisotopic (exact) mass is 303 g/mol. The van der Waals surface area contributed by atoms with Crippen LogP contribution in [0.2, 0.25) is 0 Å². The minimum absolute atomic E-state index is 0.291. The Hall–Kier alpha value is -1.65. The van der Waals surface area contributed by atoms with Crippen LogP contribution in [-0.2, 0) is 19.5 Å². The normalized spacial score (nSPS) is 8.32. The second kappa shape index (κ2) is 12.8. The number of phenols is 1. The van der Waals surface area contributed by atoms with Gasteiger partial charge in [0, 0.05) is 11.5 Å². The third-order valence-electron chi connectivity index (χ3n) is 1.86. The summed E-state index contributed by atoms with van der Waals surface area (Å²) >= 11 is 2.31. The molecule has 2 rings (SSSR count). The SMILES string of the molecule is CCCOc1cc[c-]cc1.Oc1cc[c-]cc1.[O]=[Co]. The molecule has 1 N–H and O–H groups in total. The van der Waals surface area contributed by atoms with E-state index in [9.17, 15) is 0 Å². The maximum absolute atomic E-state index is 8.61. The number of aromatic hydroxyl groups is 1. The Morgan fingerprint density at radius 2 is 1.53 bits per heavy atom. The van der Waals surface area contributed by atoms with Gasteiger partial charge in [0.2, 0.25) is 0 Å². The van der Waals surface area contributed by atoms with Gasteiger partial charge in [0.05, 0.1) is 6.61 Å². The van der Waals surface area contributed by atoms with E-state index in [1.54, 1.807) is 24.3 Å². The molecule has 0 atom stereocenters. The molecule has 4 heteroatoms. The van der Waals surface area contributed by atoms with E-state index in [0.29, 0.717) is 5.75 Å². The van der Waals surface area contributed by atoms with Gasteiger partial charge in [0.1, 0.15) is 0 Å². The van der Waals surface area contributed by atoms with Crippen LogP contribution in [0.3, 0.4) is 0 Å². The van der Waals surface area contributed by atoms with Gasteiger partial charge in [0.15, 0.2) is 0 Å². The topological polar surface area (TPSA) is 46.5 Å². The van der Waals surface area contributed by atoms with Gasteiger partial charge in [0.25, 0.3) is 0 Å². The molecular formula is C15H16CoO3-2. The summed E-state index contributed by atoms with van der Waals surface area (Å²) in [6.45, 7) is 2.89. The van der Waals surface area contributed by atoms with Crippen molar-refractivity contribution in [2.24, 2.45) is 0 Å². The summed E-state index contributed by atoms with van der Waals surface area (Å²) in [6.07, 6.45) is 1.05. The number of hydrogen-bond donors (Lipinski definition) is 1. The Bertz CT molecular complexity index is 406. The Balaban J connectivity index is 0.000000316. The molecule has 0 fully saturated rings. The van der Waals surface area contributed by atoms with E-state index in [4.69, 9.17) is 13.7 Å². The fraction of sp³-hybridized carbons (Fsp3) is 0.200. The zero-order chi connectivity index (χ0) is 14.3. The molecule has 0 amide bonds. The molecule has 0 aromatic heterocycles. The molecule has 0 heterocycles. The van der Waals surface area contributed by atoms with Gasteiger partial charge in [-0.25, -0.2) is 0 Å². The van der Waals surface area contributed by atoms with Crippen molar-refractivity contribution in [3.05, 3.63) is 60.7 Å². The first-order chi connectivity index (χ1) is 9.33. The number of rotatable bonds is 3. The summed E-state index contributed by atoms with van der Waals surface area (Å²) < 4.78 is 13.3. The third-order valence-corrected chi connectivity index (χ3v) is 1.86. The van der Waals surface area contributed by atoms with Gasteiger partial charge < -0.3 is 9.84 Å². The molecule has 0 spiro atoms. The molecule has 105 valence electrons. The quantitative estimate of drug-likeness (QED) is 0.885. The molecule has 0 aliphatic carbocycles. The molecule has 0 saturated carbocycles. The Morgan fingerprint density at radius 3 is 1.89 bits per heavy atom. The van der Waals surface area contributed by atoms with Crippen molar-refractivity contribution in [1.29, 1.82) is 0 Å². The number of hydrogen-bond acceptors (Lipinski definition) is 3. The average Bonchev–Trinajstić information content (AvgIpc) is 2.50. The third kappa shape index (κ3) is 10.00. The van der Waals surface area contributed by atoms with Crippen LogP contribution in [0.1, 0.15) is 13.3 Å². The summed E-state index contributed by atoms with van der Waals surface area (Å²) in [5.74, 6) is 1.22. The van der Waals surface area contributed by atoms with Crippen LogP contribution in [0.4, 0.5) is 0 Å². The summed E-state index contributed by atoms with van der Waals surface area (Å²) in [5, 5.41) is 8.61. The summed E-state index contributed by atoms with van der Waals surface area (Å²) in [5.41, 5.74) is 0. The van der Waals surface area contributed by atoms with E-state index < -0.39 is 0 Å². The van der Waals surface area contributed by atoms with E-state index in [-0.39, 0.29) is 0 Å². The van der Waals surface area contributed by atoms with Gasteiger partial charge in [-0.05, 0) is 6.42 Å². The van der Waals surface area contributed by atoms with E-state index in [2.05, 4.69) is 34.7 Å². The van der Waals surface area contributed by atoms with Crippen LogP contribution in [0, 0.1) is 12.1 Å². The molecule has 0 saturated heterocycles. The molecule has 19 heavy (non-hydrogen) atoms. The van der Waals surface area contributed by atoms with E-state index in [0.717, 1.165) is 18.8 Å². The van der Waals surface area contributed by atoms with Crippen molar-refractivity contribution in [2.75, 3.05) is 6.61 Å². The van der Waals surface area contributed by atoms with E-state index in [1.807, 2.05) is 24.3 Å².